The summed E-state index contributed by atoms with van der Waals surface area (Å²) in [5.74, 6) is 0.418. The Morgan fingerprint density at radius 2 is 1.64 bits per heavy atom. The fraction of sp³-hybridized carbons (Fsp3) is 0.355. The quantitative estimate of drug-likeness (QED) is 0.208. The van der Waals surface area contributed by atoms with Crippen LogP contribution in [0.25, 0.3) is 0 Å². The van der Waals surface area contributed by atoms with Crippen LogP contribution < -0.4 is 33.5 Å². The number of pyridine rings is 1. The molecular formula is C31H36BrClN4O5. The number of rotatable bonds is 11. The molecule has 0 unspecified atom stereocenters. The first-order chi connectivity index (χ1) is 19.9. The van der Waals surface area contributed by atoms with Gasteiger partial charge in [-0.05, 0) is 67.1 Å². The molecule has 224 valence electrons. The van der Waals surface area contributed by atoms with Crippen molar-refractivity contribution in [1.82, 2.24) is 15.6 Å². The largest absolute Gasteiger partial charge is 1.00 e. The van der Waals surface area contributed by atoms with E-state index in [2.05, 4.69) is 37.3 Å². The Morgan fingerprint density at radius 3 is 2.31 bits per heavy atom. The monoisotopic (exact) mass is 658 g/mol. The highest BCUT2D eigenvalue weighted by Crippen LogP contribution is 2.28. The molecule has 2 amide bonds. The third kappa shape index (κ3) is 10.1. The normalized spacial score (nSPS) is 16.8. The molecule has 1 aliphatic rings. The zero-order valence-corrected chi connectivity index (χ0v) is 25.6. The topological polar surface area (TPSA) is 134 Å². The highest BCUT2D eigenvalue weighted by atomic mass is 79.9. The van der Waals surface area contributed by atoms with E-state index in [9.17, 15) is 14.4 Å². The molecule has 0 bridgehead atoms. The van der Waals surface area contributed by atoms with Gasteiger partial charge in [0.05, 0.1) is 6.54 Å². The Morgan fingerprint density at radius 1 is 0.952 bits per heavy atom. The van der Waals surface area contributed by atoms with E-state index in [4.69, 9.17) is 9.47 Å². The number of carbonyl (C=O) groups is 3. The Hall–Kier alpha value is -3.47. The van der Waals surface area contributed by atoms with E-state index < -0.39 is 12.2 Å². The first kappa shape index (κ1) is 33.0. The minimum absolute atomic E-state index is 0. The summed E-state index contributed by atoms with van der Waals surface area (Å²) in [6, 6.07) is 17.2. The predicted octanol–water partition coefficient (Wildman–Crippen LogP) is 0.956. The lowest BCUT2D eigenvalue weighted by Gasteiger charge is -2.27. The number of amides is 2. The van der Waals surface area contributed by atoms with Crippen molar-refractivity contribution in [2.24, 2.45) is 11.8 Å². The van der Waals surface area contributed by atoms with Crippen molar-refractivity contribution in [1.29, 1.82) is 0 Å². The van der Waals surface area contributed by atoms with Gasteiger partial charge in [0.25, 0.3) is 0 Å². The second-order valence-corrected chi connectivity index (χ2v) is 11.1. The van der Waals surface area contributed by atoms with E-state index in [0.717, 1.165) is 53.4 Å². The number of quaternary nitrogens is 1. The first-order valence-electron chi connectivity index (χ1n) is 13.8. The molecule has 4 rings (SSSR count). The lowest BCUT2D eigenvalue weighted by atomic mass is 9.81. The molecule has 9 nitrogen and oxygen atoms in total. The van der Waals surface area contributed by atoms with Crippen molar-refractivity contribution in [2.75, 3.05) is 6.54 Å². The maximum atomic E-state index is 13.2. The average molecular weight is 660 g/mol. The number of nitrogens with zero attached hydrogens (tertiary/aromatic N) is 1. The maximum Gasteiger partial charge on any atom is 0.514 e. The molecule has 1 fully saturated rings. The number of nitrogens with one attached hydrogen (secondary N) is 2. The van der Waals surface area contributed by atoms with Crippen LogP contribution in [0, 0.1) is 11.8 Å². The molecule has 5 N–H and O–H groups in total. The van der Waals surface area contributed by atoms with Crippen molar-refractivity contribution in [2.45, 2.75) is 51.3 Å². The minimum Gasteiger partial charge on any atom is -1.00 e. The fourth-order valence-corrected chi connectivity index (χ4v) is 5.23. The Labute approximate surface area is 260 Å². The molecule has 1 saturated carbocycles. The van der Waals surface area contributed by atoms with Gasteiger partial charge in [-0.3, -0.25) is 14.6 Å². The molecule has 3 aromatic rings. The SMILES string of the molecule is [Cl-].[NH3+]CC1CCC(C(=O)N[C@@H](Cc2ccc(OC(=O)OCc3ccccc3Br)cc2)C(=O)NCc2ccncc2)CC1. The van der Waals surface area contributed by atoms with Crippen LogP contribution in [0.1, 0.15) is 42.4 Å². The van der Waals surface area contributed by atoms with Gasteiger partial charge >= 0.3 is 6.16 Å². The van der Waals surface area contributed by atoms with Crippen molar-refractivity contribution >= 4 is 33.9 Å². The third-order valence-corrected chi connectivity index (χ3v) is 8.12. The number of benzene rings is 2. The van der Waals surface area contributed by atoms with Crippen molar-refractivity contribution in [3.8, 4) is 5.75 Å². The number of carbonyl (C=O) groups excluding carboxylic acids is 3. The van der Waals surface area contributed by atoms with Crippen LogP contribution in [-0.4, -0.2) is 35.5 Å². The van der Waals surface area contributed by atoms with Crippen LogP contribution in [0.15, 0.2) is 77.5 Å². The van der Waals surface area contributed by atoms with Crippen molar-refractivity contribution in [3.63, 3.8) is 0 Å². The summed E-state index contributed by atoms with van der Waals surface area (Å²) in [5, 5.41) is 5.93. The average Bonchev–Trinajstić information content (AvgIpc) is 3.00. The molecule has 0 saturated heterocycles. The van der Waals surface area contributed by atoms with Gasteiger partial charge in [-0.25, -0.2) is 4.79 Å². The molecule has 42 heavy (non-hydrogen) atoms. The highest BCUT2D eigenvalue weighted by molar-refractivity contribution is 9.10. The van der Waals surface area contributed by atoms with Gasteiger partial charge in [-0.15, -0.1) is 0 Å². The van der Waals surface area contributed by atoms with Crippen LogP contribution in [0.3, 0.4) is 0 Å². The van der Waals surface area contributed by atoms with Gasteiger partial charge in [0, 0.05) is 47.2 Å². The third-order valence-electron chi connectivity index (χ3n) is 7.34. The number of hydrogen-bond acceptors (Lipinski definition) is 6. The van der Waals surface area contributed by atoms with Crippen molar-refractivity contribution < 1.29 is 42.0 Å². The maximum absolute atomic E-state index is 13.2. The Balaban J connectivity index is 0.00000484. The predicted molar refractivity (Wildman–Crippen MR) is 156 cm³/mol. The Kier molecular flexibility index (Phi) is 13.2. The van der Waals surface area contributed by atoms with E-state index in [1.54, 1.807) is 36.7 Å². The summed E-state index contributed by atoms with van der Waals surface area (Å²) in [7, 11) is 0. The van der Waals surface area contributed by atoms with Gasteiger partial charge in [-0.1, -0.05) is 46.3 Å². The van der Waals surface area contributed by atoms with Crippen LogP contribution in [0.5, 0.6) is 5.75 Å². The van der Waals surface area contributed by atoms with E-state index in [-0.39, 0.29) is 43.2 Å². The molecule has 1 atom stereocenters. The summed E-state index contributed by atoms with van der Waals surface area (Å²) in [6.45, 7) is 1.29. The molecule has 2 aromatic carbocycles. The van der Waals surface area contributed by atoms with Crippen LogP contribution in [0.4, 0.5) is 4.79 Å². The van der Waals surface area contributed by atoms with Gasteiger partial charge < -0.3 is 38.2 Å². The molecule has 1 heterocycles. The summed E-state index contributed by atoms with van der Waals surface area (Å²) < 4.78 is 11.4. The second kappa shape index (κ2) is 16.8. The molecule has 1 aromatic heterocycles. The van der Waals surface area contributed by atoms with Crippen molar-refractivity contribution in [3.05, 3.63) is 94.2 Å². The molecule has 0 radical (unpaired) electrons. The lowest BCUT2D eigenvalue weighted by molar-refractivity contribution is -0.380. The van der Waals surface area contributed by atoms with E-state index in [1.807, 2.05) is 36.4 Å². The summed E-state index contributed by atoms with van der Waals surface area (Å²) in [5.41, 5.74) is 6.54. The highest BCUT2D eigenvalue weighted by Gasteiger charge is 2.29. The first-order valence-corrected chi connectivity index (χ1v) is 14.6. The zero-order chi connectivity index (χ0) is 29.0. The van der Waals surface area contributed by atoms with Gasteiger partial charge in [-0.2, -0.15) is 0 Å². The van der Waals surface area contributed by atoms with E-state index >= 15 is 0 Å². The van der Waals surface area contributed by atoms with Crippen LogP contribution in [-0.2, 0) is 33.9 Å². The summed E-state index contributed by atoms with van der Waals surface area (Å²) in [4.78, 5) is 42.6. The fourth-order valence-electron chi connectivity index (χ4n) is 4.83. The minimum atomic E-state index is -0.817. The number of halogens is 2. The van der Waals surface area contributed by atoms with E-state index in [1.165, 1.54) is 0 Å². The second-order valence-electron chi connectivity index (χ2n) is 10.2. The standard InChI is InChI=1S/C31H35BrN4O5.ClH/c32-27-4-2-1-3-25(27)20-40-31(39)41-26-11-7-21(8-12-26)17-28(30(38)35-19-23-13-15-34-16-14-23)36-29(37)24-9-5-22(18-33)6-10-24;/h1-4,7-8,11-16,22,24,28H,5-6,9-10,17-20,33H2,(H,35,38)(H,36,37);1H/t22?,24?,28-;/m0./s1. The van der Waals surface area contributed by atoms with Crippen LogP contribution in [0.2, 0.25) is 0 Å². The van der Waals surface area contributed by atoms with Gasteiger partial charge in [0.2, 0.25) is 11.8 Å². The Bertz CT molecular complexity index is 1300. The molecule has 1 aliphatic carbocycles. The van der Waals surface area contributed by atoms with Gasteiger partial charge in [0.15, 0.2) is 0 Å². The lowest BCUT2D eigenvalue weighted by Crippen LogP contribution is -3.00. The zero-order valence-electron chi connectivity index (χ0n) is 23.3. The van der Waals surface area contributed by atoms with Crippen LogP contribution >= 0.6 is 15.9 Å². The molecule has 0 aliphatic heterocycles. The molecular weight excluding hydrogens is 624 g/mol. The summed E-state index contributed by atoms with van der Waals surface area (Å²) >= 11 is 3.42. The number of hydrogen-bond donors (Lipinski definition) is 3. The molecule has 11 heteroatoms. The van der Waals surface area contributed by atoms with E-state index in [0.29, 0.717) is 18.2 Å². The number of aromatic nitrogens is 1. The smallest absolute Gasteiger partial charge is 0.514 e. The van der Waals surface area contributed by atoms with Gasteiger partial charge in [0.1, 0.15) is 18.4 Å². The number of ether oxygens (including phenoxy) is 2. The molecule has 0 spiro atoms. The summed E-state index contributed by atoms with van der Waals surface area (Å²) in [6.07, 6.45) is 6.38.